The average Bonchev–Trinajstić information content (AvgIpc) is 2.96. The lowest BCUT2D eigenvalue weighted by atomic mass is 9.91. The van der Waals surface area contributed by atoms with Crippen molar-refractivity contribution in [3.05, 3.63) is 43.0 Å². The minimum atomic E-state index is -0.624. The van der Waals surface area contributed by atoms with Crippen LogP contribution in [-0.4, -0.2) is 26.0 Å². The van der Waals surface area contributed by atoms with Crippen molar-refractivity contribution >= 4 is 23.2 Å². The van der Waals surface area contributed by atoms with Gasteiger partial charge in [0, 0.05) is 5.69 Å². The largest absolute Gasteiger partial charge is 0.291 e. The topological polar surface area (TPSA) is 51.0 Å². The fourth-order valence-electron chi connectivity index (χ4n) is 1.84. The van der Waals surface area contributed by atoms with Crippen LogP contribution in [0.15, 0.2) is 43.0 Å². The summed E-state index contributed by atoms with van der Waals surface area (Å²) in [6.45, 7) is 6.12. The van der Waals surface area contributed by atoms with Gasteiger partial charge in [0.05, 0.1) is 0 Å². The zero-order valence-electron chi connectivity index (χ0n) is 12.4. The standard InChI is InChI=1S/C15H19ClN4O/c1-15(2,3)13(16)14(21)20(11-19-10-17-9-18-19)12-7-5-4-6-8-12/h4-10,13H,11H2,1-3H3. The number of amides is 1. The van der Waals surface area contributed by atoms with Crippen molar-refractivity contribution in [2.75, 3.05) is 4.90 Å². The molecule has 0 aliphatic rings. The zero-order chi connectivity index (χ0) is 15.5. The van der Waals surface area contributed by atoms with Gasteiger partial charge in [0.2, 0.25) is 5.91 Å². The lowest BCUT2D eigenvalue weighted by Crippen LogP contribution is -2.43. The van der Waals surface area contributed by atoms with E-state index in [0.29, 0.717) is 0 Å². The maximum Gasteiger partial charge on any atom is 0.247 e. The van der Waals surface area contributed by atoms with Gasteiger partial charge >= 0.3 is 0 Å². The molecular weight excluding hydrogens is 288 g/mol. The van der Waals surface area contributed by atoms with Crippen LogP contribution < -0.4 is 4.90 Å². The van der Waals surface area contributed by atoms with E-state index in [0.717, 1.165) is 5.69 Å². The minimum Gasteiger partial charge on any atom is -0.291 e. The number of benzene rings is 1. The fourth-order valence-corrected chi connectivity index (χ4v) is 1.96. The highest BCUT2D eigenvalue weighted by molar-refractivity contribution is 6.33. The van der Waals surface area contributed by atoms with E-state index in [4.69, 9.17) is 11.6 Å². The van der Waals surface area contributed by atoms with Crippen LogP contribution in [0.2, 0.25) is 0 Å². The molecule has 0 spiro atoms. The number of halogens is 1. The summed E-state index contributed by atoms with van der Waals surface area (Å²) in [5.74, 6) is -0.147. The van der Waals surface area contributed by atoms with E-state index in [1.54, 1.807) is 15.9 Å². The maximum atomic E-state index is 12.7. The normalized spacial score (nSPS) is 13.0. The Morgan fingerprint density at radius 1 is 1.33 bits per heavy atom. The summed E-state index contributed by atoms with van der Waals surface area (Å²) in [5, 5.41) is 3.43. The van der Waals surface area contributed by atoms with E-state index in [-0.39, 0.29) is 18.0 Å². The second kappa shape index (κ2) is 6.26. The van der Waals surface area contributed by atoms with Gasteiger partial charge in [0.25, 0.3) is 0 Å². The summed E-state index contributed by atoms with van der Waals surface area (Å²) in [6.07, 6.45) is 3.01. The van der Waals surface area contributed by atoms with Gasteiger partial charge < -0.3 is 0 Å². The third kappa shape index (κ3) is 3.82. The Morgan fingerprint density at radius 3 is 2.52 bits per heavy atom. The second-order valence-corrected chi connectivity index (χ2v) is 6.34. The summed E-state index contributed by atoms with van der Waals surface area (Å²) < 4.78 is 1.59. The molecule has 1 aromatic heterocycles. The summed E-state index contributed by atoms with van der Waals surface area (Å²) in [7, 11) is 0. The molecule has 1 aromatic carbocycles. The lowest BCUT2D eigenvalue weighted by molar-refractivity contribution is -0.120. The van der Waals surface area contributed by atoms with Crippen molar-refractivity contribution in [1.82, 2.24) is 14.8 Å². The van der Waals surface area contributed by atoms with E-state index in [1.807, 2.05) is 51.1 Å². The Bertz CT molecular complexity index is 577. The SMILES string of the molecule is CC(C)(C)C(Cl)C(=O)N(Cn1cncn1)c1ccccc1. The molecule has 6 heteroatoms. The molecule has 1 atom stereocenters. The highest BCUT2D eigenvalue weighted by atomic mass is 35.5. The Kier molecular flexibility index (Phi) is 4.63. The molecule has 1 amide bonds. The number of hydrogen-bond donors (Lipinski definition) is 0. The molecule has 5 nitrogen and oxygen atoms in total. The number of carbonyl (C=O) groups excluding carboxylic acids is 1. The van der Waals surface area contributed by atoms with Crippen LogP contribution in [0.1, 0.15) is 20.8 Å². The maximum absolute atomic E-state index is 12.7. The molecule has 2 rings (SSSR count). The summed E-state index contributed by atoms with van der Waals surface area (Å²) >= 11 is 6.36. The number of rotatable bonds is 4. The molecule has 1 unspecified atom stereocenters. The van der Waals surface area contributed by atoms with E-state index < -0.39 is 5.38 Å². The van der Waals surface area contributed by atoms with Gasteiger partial charge in [0.1, 0.15) is 24.7 Å². The van der Waals surface area contributed by atoms with E-state index >= 15 is 0 Å². The summed E-state index contributed by atoms with van der Waals surface area (Å²) in [6, 6.07) is 9.43. The van der Waals surface area contributed by atoms with E-state index in [9.17, 15) is 4.79 Å². The zero-order valence-corrected chi connectivity index (χ0v) is 13.2. The molecule has 0 N–H and O–H groups in total. The summed E-state index contributed by atoms with van der Waals surface area (Å²) in [5.41, 5.74) is 0.460. The van der Waals surface area contributed by atoms with Crippen molar-refractivity contribution in [2.24, 2.45) is 5.41 Å². The summed E-state index contributed by atoms with van der Waals surface area (Å²) in [4.78, 5) is 18.3. The number of carbonyl (C=O) groups is 1. The van der Waals surface area contributed by atoms with E-state index in [2.05, 4.69) is 10.1 Å². The number of aromatic nitrogens is 3. The molecule has 0 saturated heterocycles. The van der Waals surface area contributed by atoms with Crippen LogP contribution in [0.5, 0.6) is 0 Å². The van der Waals surface area contributed by atoms with Crippen LogP contribution in [-0.2, 0) is 11.5 Å². The third-order valence-corrected chi connectivity index (χ3v) is 3.91. The molecule has 112 valence electrons. The molecule has 0 aliphatic heterocycles. The molecule has 2 aromatic rings. The smallest absolute Gasteiger partial charge is 0.247 e. The molecule has 0 saturated carbocycles. The van der Waals surface area contributed by atoms with Crippen molar-refractivity contribution in [3.8, 4) is 0 Å². The van der Waals surface area contributed by atoms with Gasteiger partial charge in [-0.25, -0.2) is 9.67 Å². The Balaban J connectivity index is 2.30. The predicted octanol–water partition coefficient (Wildman–Crippen LogP) is 2.92. The number of para-hydroxylation sites is 1. The Hall–Kier alpha value is -1.88. The molecule has 0 radical (unpaired) electrons. The van der Waals surface area contributed by atoms with Gasteiger partial charge in [-0.05, 0) is 17.5 Å². The first-order valence-electron chi connectivity index (χ1n) is 6.72. The number of anilines is 1. The molecule has 0 fully saturated rings. The fraction of sp³-hybridized carbons (Fsp3) is 0.400. The van der Waals surface area contributed by atoms with Crippen molar-refractivity contribution in [1.29, 1.82) is 0 Å². The van der Waals surface area contributed by atoms with Crippen molar-refractivity contribution in [2.45, 2.75) is 32.8 Å². The van der Waals surface area contributed by atoms with Crippen molar-refractivity contribution < 1.29 is 4.79 Å². The predicted molar refractivity (Wildman–Crippen MR) is 83.0 cm³/mol. The highest BCUT2D eigenvalue weighted by Gasteiger charge is 2.33. The van der Waals surface area contributed by atoms with Crippen LogP contribution in [0.3, 0.4) is 0 Å². The first kappa shape index (κ1) is 15.5. The molecular formula is C15H19ClN4O. The lowest BCUT2D eigenvalue weighted by Gasteiger charge is -2.30. The molecule has 0 bridgehead atoms. The molecule has 0 aliphatic carbocycles. The quantitative estimate of drug-likeness (QED) is 0.816. The van der Waals surface area contributed by atoms with Crippen molar-refractivity contribution in [3.63, 3.8) is 0 Å². The molecule has 1 heterocycles. The van der Waals surface area contributed by atoms with Gasteiger partial charge in [-0.2, -0.15) is 5.10 Å². The van der Waals surface area contributed by atoms with Crippen LogP contribution in [0.4, 0.5) is 5.69 Å². The van der Waals surface area contributed by atoms with Gasteiger partial charge in [-0.1, -0.05) is 39.0 Å². The van der Waals surface area contributed by atoms with Gasteiger partial charge in [-0.15, -0.1) is 11.6 Å². The Labute approximate surface area is 129 Å². The first-order valence-corrected chi connectivity index (χ1v) is 7.16. The van der Waals surface area contributed by atoms with E-state index in [1.165, 1.54) is 6.33 Å². The number of alkyl halides is 1. The first-order chi connectivity index (χ1) is 9.89. The number of nitrogens with zero attached hydrogens (tertiary/aromatic N) is 4. The molecule has 21 heavy (non-hydrogen) atoms. The van der Waals surface area contributed by atoms with Crippen LogP contribution in [0.25, 0.3) is 0 Å². The van der Waals surface area contributed by atoms with Crippen LogP contribution in [0, 0.1) is 5.41 Å². The minimum absolute atomic E-state index is 0.147. The average molecular weight is 307 g/mol. The second-order valence-electron chi connectivity index (χ2n) is 5.91. The number of hydrogen-bond acceptors (Lipinski definition) is 3. The highest BCUT2D eigenvalue weighted by Crippen LogP contribution is 2.28. The Morgan fingerprint density at radius 2 is 2.00 bits per heavy atom. The van der Waals surface area contributed by atoms with Gasteiger partial charge in [-0.3, -0.25) is 9.69 Å². The third-order valence-electron chi connectivity index (χ3n) is 3.06. The monoisotopic (exact) mass is 306 g/mol. The van der Waals surface area contributed by atoms with Gasteiger partial charge in [0.15, 0.2) is 0 Å². The van der Waals surface area contributed by atoms with Crippen LogP contribution >= 0.6 is 11.6 Å².